The Morgan fingerprint density at radius 3 is 2.79 bits per heavy atom. The molecule has 1 unspecified atom stereocenters. The molecule has 5 heteroatoms. The fraction of sp³-hybridized carbons (Fsp3) is 0.222. The van der Waals surface area contributed by atoms with Gasteiger partial charge < -0.3 is 0 Å². The van der Waals surface area contributed by atoms with Gasteiger partial charge in [0.2, 0.25) is 12.1 Å². The molecule has 0 N–H and O–H groups in total. The Morgan fingerprint density at radius 2 is 2.21 bits per heavy atom. The van der Waals surface area contributed by atoms with E-state index in [1.54, 1.807) is 25.1 Å². The number of azide groups is 1. The smallest absolute Gasteiger partial charge is 0.241 e. The van der Waals surface area contributed by atoms with Gasteiger partial charge in [0, 0.05) is 10.5 Å². The summed E-state index contributed by atoms with van der Waals surface area (Å²) < 4.78 is 12.9. The summed E-state index contributed by atoms with van der Waals surface area (Å²) in [6.07, 6.45) is -2.14. The average molecular weight is 193 g/mol. The second-order valence-corrected chi connectivity index (χ2v) is 2.72. The van der Waals surface area contributed by atoms with Gasteiger partial charge in [0.05, 0.1) is 0 Å². The number of hydrogen-bond acceptors (Lipinski definition) is 2. The third kappa shape index (κ3) is 2.08. The van der Waals surface area contributed by atoms with E-state index < -0.39 is 12.1 Å². The fourth-order valence-electron chi connectivity index (χ4n) is 1.08. The zero-order valence-electron chi connectivity index (χ0n) is 7.51. The lowest BCUT2D eigenvalue weighted by Crippen LogP contribution is -2.13. The van der Waals surface area contributed by atoms with Crippen molar-refractivity contribution in [1.29, 1.82) is 0 Å². The van der Waals surface area contributed by atoms with Gasteiger partial charge in [0.25, 0.3) is 0 Å². The van der Waals surface area contributed by atoms with Crippen molar-refractivity contribution in [2.75, 3.05) is 0 Å². The van der Waals surface area contributed by atoms with E-state index in [2.05, 4.69) is 10.0 Å². The monoisotopic (exact) mass is 193 g/mol. The van der Waals surface area contributed by atoms with E-state index in [-0.39, 0.29) is 5.56 Å². The number of aryl methyl sites for hydroxylation is 1. The highest BCUT2D eigenvalue weighted by atomic mass is 19.1. The van der Waals surface area contributed by atoms with Crippen LogP contribution in [0.4, 0.5) is 4.39 Å². The number of carbonyl (C=O) groups is 1. The molecule has 0 aliphatic rings. The first-order valence-corrected chi connectivity index (χ1v) is 3.95. The molecule has 14 heavy (non-hydrogen) atoms. The minimum absolute atomic E-state index is 0.243. The molecule has 72 valence electrons. The van der Waals surface area contributed by atoms with Gasteiger partial charge in [-0.25, -0.2) is 4.39 Å². The summed E-state index contributed by atoms with van der Waals surface area (Å²) in [7, 11) is 0. The highest BCUT2D eigenvalue weighted by Crippen LogP contribution is 2.12. The van der Waals surface area contributed by atoms with Gasteiger partial charge in [-0.1, -0.05) is 24.3 Å². The molecule has 1 rings (SSSR count). The lowest BCUT2D eigenvalue weighted by molar-refractivity contribution is 0.0882. The lowest BCUT2D eigenvalue weighted by atomic mass is 10.0. The van der Waals surface area contributed by atoms with Crippen LogP contribution in [0.25, 0.3) is 10.4 Å². The number of rotatable bonds is 3. The normalized spacial score (nSPS) is 11.6. The third-order valence-corrected chi connectivity index (χ3v) is 1.78. The third-order valence-electron chi connectivity index (χ3n) is 1.78. The minimum atomic E-state index is -2.14. The standard InChI is InChI=1S/C9H8FN3O/c1-6-4-2-3-5-7(6)8(14)9(10)12-13-11/h2-5,9H,1H3. The summed E-state index contributed by atoms with van der Waals surface area (Å²) in [6.45, 7) is 1.69. The fourth-order valence-corrected chi connectivity index (χ4v) is 1.08. The molecule has 0 aromatic heterocycles. The van der Waals surface area contributed by atoms with Gasteiger partial charge in [0.15, 0.2) is 0 Å². The maximum atomic E-state index is 12.9. The van der Waals surface area contributed by atoms with Crippen LogP contribution in [-0.4, -0.2) is 12.1 Å². The highest BCUT2D eigenvalue weighted by Gasteiger charge is 2.18. The van der Waals surface area contributed by atoms with Gasteiger partial charge in [-0.15, -0.1) is 0 Å². The molecular weight excluding hydrogens is 185 g/mol. The van der Waals surface area contributed by atoms with Gasteiger partial charge in [0.1, 0.15) is 0 Å². The lowest BCUT2D eigenvalue weighted by Gasteiger charge is -2.03. The van der Waals surface area contributed by atoms with E-state index in [9.17, 15) is 9.18 Å². The Balaban J connectivity index is 3.00. The first kappa shape index (κ1) is 10.2. The molecule has 0 spiro atoms. The molecule has 0 amide bonds. The molecule has 0 radical (unpaired) electrons. The molecule has 0 aliphatic heterocycles. The van der Waals surface area contributed by atoms with Gasteiger partial charge in [-0.2, -0.15) is 0 Å². The van der Waals surface area contributed by atoms with Crippen molar-refractivity contribution in [1.82, 2.24) is 0 Å². The number of benzene rings is 1. The Kier molecular flexibility index (Phi) is 3.20. The molecule has 1 atom stereocenters. The van der Waals surface area contributed by atoms with Crippen molar-refractivity contribution < 1.29 is 9.18 Å². The quantitative estimate of drug-likeness (QED) is 0.239. The first-order valence-electron chi connectivity index (χ1n) is 3.95. The Morgan fingerprint density at radius 1 is 1.57 bits per heavy atom. The predicted molar refractivity (Wildman–Crippen MR) is 49.6 cm³/mol. The molecular formula is C9H8FN3O. The van der Waals surface area contributed by atoms with Crippen molar-refractivity contribution >= 4 is 5.78 Å². The van der Waals surface area contributed by atoms with E-state index in [4.69, 9.17) is 5.53 Å². The summed E-state index contributed by atoms with van der Waals surface area (Å²) in [5.74, 6) is -0.805. The van der Waals surface area contributed by atoms with E-state index in [0.29, 0.717) is 5.56 Å². The van der Waals surface area contributed by atoms with E-state index in [0.717, 1.165) is 0 Å². The summed E-state index contributed by atoms with van der Waals surface area (Å²) >= 11 is 0. The SMILES string of the molecule is Cc1ccccc1C(=O)C(F)N=[N+]=[N-]. The summed E-state index contributed by atoms with van der Waals surface area (Å²) in [6, 6.07) is 6.56. The molecule has 0 aliphatic carbocycles. The minimum Gasteiger partial charge on any atom is -0.291 e. The second kappa shape index (κ2) is 4.39. The Hall–Kier alpha value is -1.87. The van der Waals surface area contributed by atoms with Gasteiger partial charge >= 0.3 is 0 Å². The number of carbonyl (C=O) groups excluding carboxylic acids is 1. The maximum Gasteiger partial charge on any atom is 0.241 e. The number of alkyl halides is 1. The van der Waals surface area contributed by atoms with Crippen molar-refractivity contribution in [2.45, 2.75) is 13.2 Å². The van der Waals surface area contributed by atoms with Crippen LogP contribution in [0.15, 0.2) is 29.4 Å². The number of nitrogens with zero attached hydrogens (tertiary/aromatic N) is 3. The molecule has 0 saturated heterocycles. The Labute approximate surface area is 80.0 Å². The van der Waals surface area contributed by atoms with Gasteiger partial charge in [-0.05, 0) is 23.1 Å². The molecule has 0 saturated carbocycles. The largest absolute Gasteiger partial charge is 0.291 e. The van der Waals surface area contributed by atoms with Crippen LogP contribution in [0, 0.1) is 6.92 Å². The maximum absolute atomic E-state index is 12.9. The topological polar surface area (TPSA) is 65.8 Å². The molecule has 4 nitrogen and oxygen atoms in total. The zero-order valence-corrected chi connectivity index (χ0v) is 7.51. The van der Waals surface area contributed by atoms with Crippen LogP contribution in [0.1, 0.15) is 15.9 Å². The van der Waals surface area contributed by atoms with Crippen LogP contribution in [0.5, 0.6) is 0 Å². The summed E-state index contributed by atoms with van der Waals surface area (Å²) in [4.78, 5) is 13.6. The Bertz CT molecular complexity index is 399. The number of Topliss-reactive ketones (excluding diaryl/α,β-unsaturated/α-hetero) is 1. The van der Waals surface area contributed by atoms with Crippen LogP contribution in [0.3, 0.4) is 0 Å². The molecule has 0 heterocycles. The van der Waals surface area contributed by atoms with E-state index in [1.165, 1.54) is 6.07 Å². The van der Waals surface area contributed by atoms with Gasteiger partial charge in [-0.3, -0.25) is 4.79 Å². The highest BCUT2D eigenvalue weighted by molar-refractivity contribution is 6.00. The molecule has 0 bridgehead atoms. The summed E-state index contributed by atoms with van der Waals surface area (Å²) in [5.41, 5.74) is 8.87. The number of halogens is 1. The summed E-state index contributed by atoms with van der Waals surface area (Å²) in [5, 5.41) is 2.71. The average Bonchev–Trinajstić information content (AvgIpc) is 2.18. The van der Waals surface area contributed by atoms with E-state index in [1.807, 2.05) is 0 Å². The number of hydrogen-bond donors (Lipinski definition) is 0. The molecule has 1 aromatic rings. The van der Waals surface area contributed by atoms with E-state index >= 15 is 0 Å². The van der Waals surface area contributed by atoms with Crippen molar-refractivity contribution in [2.24, 2.45) is 5.11 Å². The first-order chi connectivity index (χ1) is 6.66. The van der Waals surface area contributed by atoms with Crippen LogP contribution >= 0.6 is 0 Å². The van der Waals surface area contributed by atoms with Crippen molar-refractivity contribution in [3.8, 4) is 0 Å². The van der Waals surface area contributed by atoms with Crippen LogP contribution in [-0.2, 0) is 0 Å². The molecule has 1 aromatic carbocycles. The van der Waals surface area contributed by atoms with Crippen molar-refractivity contribution in [3.63, 3.8) is 0 Å². The van der Waals surface area contributed by atoms with Crippen molar-refractivity contribution in [3.05, 3.63) is 45.8 Å². The van der Waals surface area contributed by atoms with Crippen LogP contribution < -0.4 is 0 Å². The molecule has 0 fully saturated rings. The predicted octanol–water partition coefficient (Wildman–Crippen LogP) is 2.78. The number of ketones is 1. The second-order valence-electron chi connectivity index (χ2n) is 2.72. The zero-order chi connectivity index (χ0) is 10.6. The van der Waals surface area contributed by atoms with Crippen LogP contribution in [0.2, 0.25) is 0 Å².